The van der Waals surface area contributed by atoms with E-state index in [0.29, 0.717) is 0 Å². The fourth-order valence-electron chi connectivity index (χ4n) is 4.18. The normalized spacial score (nSPS) is 11.9. The number of benzene rings is 2. The van der Waals surface area contributed by atoms with Gasteiger partial charge in [-0.15, -0.1) is 0 Å². The van der Waals surface area contributed by atoms with Crippen LogP contribution in [0.5, 0.6) is 5.75 Å². The van der Waals surface area contributed by atoms with Crippen LogP contribution in [0.4, 0.5) is 17.1 Å². The van der Waals surface area contributed by atoms with Gasteiger partial charge in [0.05, 0.1) is 39.1 Å². The van der Waals surface area contributed by atoms with Gasteiger partial charge in [0.1, 0.15) is 11.4 Å². The van der Waals surface area contributed by atoms with Crippen LogP contribution in [0.15, 0.2) is 58.8 Å². The molecule has 0 bridgehead atoms. The van der Waals surface area contributed by atoms with Crippen LogP contribution in [0.3, 0.4) is 0 Å². The molecular formula is C31H50N3O+. The predicted molar refractivity (Wildman–Crippen MR) is 152 cm³/mol. The van der Waals surface area contributed by atoms with E-state index in [1.54, 1.807) is 0 Å². The maximum Gasteiger partial charge on any atom is 0.132 e. The lowest BCUT2D eigenvalue weighted by atomic mass is 10.0. The van der Waals surface area contributed by atoms with E-state index in [9.17, 15) is 0 Å². The van der Waals surface area contributed by atoms with Crippen molar-refractivity contribution in [2.75, 3.05) is 27.7 Å². The van der Waals surface area contributed by atoms with Crippen molar-refractivity contribution in [3.8, 4) is 5.75 Å². The molecule has 0 aliphatic carbocycles. The van der Waals surface area contributed by atoms with Crippen LogP contribution < -0.4 is 9.22 Å². The summed E-state index contributed by atoms with van der Waals surface area (Å²) < 4.78 is 6.69. The first-order valence-electron chi connectivity index (χ1n) is 14.1. The van der Waals surface area contributed by atoms with Crippen molar-refractivity contribution < 1.29 is 4.74 Å². The molecule has 2 rings (SSSR count). The minimum Gasteiger partial charge on any atom is -0.494 e. The molecule has 0 heterocycles. The highest BCUT2D eigenvalue weighted by molar-refractivity contribution is 5.50. The quantitative estimate of drug-likeness (QED) is 0.112. The monoisotopic (exact) mass is 480 g/mol. The van der Waals surface area contributed by atoms with Gasteiger partial charge in [0, 0.05) is 12.1 Å². The number of hydrogen-bond donors (Lipinski definition) is 0. The first-order valence-corrected chi connectivity index (χ1v) is 14.1. The van der Waals surface area contributed by atoms with E-state index >= 15 is 0 Å². The van der Waals surface area contributed by atoms with E-state index in [-0.39, 0.29) is 0 Å². The zero-order chi connectivity index (χ0) is 25.2. The molecular weight excluding hydrogens is 430 g/mol. The van der Waals surface area contributed by atoms with Crippen LogP contribution in [0, 0.1) is 0 Å². The molecule has 0 spiro atoms. The van der Waals surface area contributed by atoms with Crippen LogP contribution in [0.2, 0.25) is 0 Å². The Bertz CT molecular complexity index is 807. The molecule has 0 radical (unpaired) electrons. The number of unbranched alkanes of at least 4 members (excludes halogenated alkanes) is 13. The summed E-state index contributed by atoms with van der Waals surface area (Å²) in [5, 5.41) is 8.70. The average Bonchev–Trinajstić information content (AvgIpc) is 2.85. The van der Waals surface area contributed by atoms with Gasteiger partial charge in [-0.3, -0.25) is 4.48 Å². The molecule has 4 heteroatoms. The maximum absolute atomic E-state index is 5.90. The topological polar surface area (TPSA) is 34.0 Å². The fraction of sp³-hybridized carbons (Fsp3) is 0.613. The zero-order valence-electron chi connectivity index (χ0n) is 23.0. The Morgan fingerprint density at radius 1 is 0.543 bits per heavy atom. The van der Waals surface area contributed by atoms with Gasteiger partial charge in [-0.05, 0) is 42.8 Å². The molecule has 0 saturated heterocycles. The lowest BCUT2D eigenvalue weighted by molar-refractivity contribution is 0.304. The van der Waals surface area contributed by atoms with Crippen molar-refractivity contribution in [2.24, 2.45) is 10.2 Å². The summed E-state index contributed by atoms with van der Waals surface area (Å²) in [6, 6.07) is 16.1. The SMILES string of the molecule is CCCCCCCCCCCCCCCCOc1ccc(N=Nc2ccc([N+](C)(C)C)cc2)cc1. The number of ether oxygens (including phenoxy) is 1. The van der Waals surface area contributed by atoms with Gasteiger partial charge in [-0.25, -0.2) is 0 Å². The van der Waals surface area contributed by atoms with Gasteiger partial charge in [0.2, 0.25) is 0 Å². The molecule has 0 aliphatic rings. The third-order valence-electron chi connectivity index (χ3n) is 6.51. The summed E-state index contributed by atoms with van der Waals surface area (Å²) in [6.45, 7) is 3.08. The van der Waals surface area contributed by atoms with Crippen LogP contribution >= 0.6 is 0 Å². The van der Waals surface area contributed by atoms with Crippen molar-refractivity contribution in [2.45, 2.75) is 96.8 Å². The van der Waals surface area contributed by atoms with Crippen LogP contribution in [-0.2, 0) is 0 Å². The van der Waals surface area contributed by atoms with E-state index in [2.05, 4.69) is 50.4 Å². The van der Waals surface area contributed by atoms with Gasteiger partial charge >= 0.3 is 0 Å². The standard InChI is InChI=1S/C31H50N3O/c1-5-6-7-8-9-10-11-12-13-14-15-16-17-18-27-35-31-25-21-29(22-26-31)33-32-28-19-23-30(24-20-28)34(2,3)4/h19-26H,5-18,27H2,1-4H3/q+1. The first kappa shape index (κ1) is 29.0. The van der Waals surface area contributed by atoms with E-state index in [4.69, 9.17) is 4.74 Å². The molecule has 2 aromatic rings. The molecule has 194 valence electrons. The molecule has 0 N–H and O–H groups in total. The van der Waals surface area contributed by atoms with E-state index < -0.39 is 0 Å². The Morgan fingerprint density at radius 3 is 1.37 bits per heavy atom. The van der Waals surface area contributed by atoms with Crippen molar-refractivity contribution >= 4 is 17.1 Å². The zero-order valence-corrected chi connectivity index (χ0v) is 23.0. The Morgan fingerprint density at radius 2 is 0.943 bits per heavy atom. The number of nitrogens with zero attached hydrogens (tertiary/aromatic N) is 3. The molecule has 35 heavy (non-hydrogen) atoms. The van der Waals surface area contributed by atoms with Crippen molar-refractivity contribution in [3.05, 3.63) is 48.5 Å². The minimum absolute atomic E-state index is 0.789. The Labute approximate surface area is 215 Å². The van der Waals surface area contributed by atoms with Crippen LogP contribution in [0.25, 0.3) is 0 Å². The summed E-state index contributed by atoms with van der Waals surface area (Å²) in [7, 11) is 6.46. The molecule has 0 unspecified atom stereocenters. The highest BCUT2D eigenvalue weighted by atomic mass is 16.5. The lowest BCUT2D eigenvalue weighted by Gasteiger charge is -2.23. The number of azo groups is 1. The summed E-state index contributed by atoms with van der Waals surface area (Å²) in [6.07, 6.45) is 19.3. The molecule has 0 aliphatic heterocycles. The third-order valence-corrected chi connectivity index (χ3v) is 6.51. The molecule has 0 saturated carbocycles. The van der Waals surface area contributed by atoms with Gasteiger partial charge in [0.15, 0.2) is 0 Å². The van der Waals surface area contributed by atoms with Crippen molar-refractivity contribution in [1.29, 1.82) is 0 Å². The molecule has 0 atom stereocenters. The maximum atomic E-state index is 5.90. The van der Waals surface area contributed by atoms with Gasteiger partial charge in [0.25, 0.3) is 0 Å². The fourth-order valence-corrected chi connectivity index (χ4v) is 4.18. The highest BCUT2D eigenvalue weighted by Gasteiger charge is 2.10. The molecule has 0 aromatic heterocycles. The van der Waals surface area contributed by atoms with E-state index in [1.807, 2.05) is 36.4 Å². The van der Waals surface area contributed by atoms with Crippen molar-refractivity contribution in [3.63, 3.8) is 0 Å². The van der Waals surface area contributed by atoms with Crippen LogP contribution in [-0.4, -0.2) is 27.7 Å². The predicted octanol–water partition coefficient (Wildman–Crippen LogP) is 10.2. The number of hydrogen-bond acceptors (Lipinski definition) is 3. The minimum atomic E-state index is 0.789. The summed E-state index contributed by atoms with van der Waals surface area (Å²) in [4.78, 5) is 0. The van der Waals surface area contributed by atoms with Gasteiger partial charge in [-0.2, -0.15) is 10.2 Å². The summed E-state index contributed by atoms with van der Waals surface area (Å²) >= 11 is 0. The van der Waals surface area contributed by atoms with E-state index in [0.717, 1.165) is 34.6 Å². The molecule has 0 fully saturated rings. The van der Waals surface area contributed by atoms with Crippen LogP contribution in [0.1, 0.15) is 96.8 Å². The average molecular weight is 481 g/mol. The Balaban J connectivity index is 1.49. The Hall–Kier alpha value is -2.20. The molecule has 0 amide bonds. The largest absolute Gasteiger partial charge is 0.494 e. The molecule has 4 nitrogen and oxygen atoms in total. The second kappa shape index (κ2) is 17.3. The smallest absolute Gasteiger partial charge is 0.132 e. The van der Waals surface area contributed by atoms with Gasteiger partial charge in [-0.1, -0.05) is 90.4 Å². The second-order valence-corrected chi connectivity index (χ2v) is 10.7. The lowest BCUT2D eigenvalue weighted by Crippen LogP contribution is -2.34. The summed E-state index contributed by atoms with van der Waals surface area (Å²) in [5.41, 5.74) is 2.94. The second-order valence-electron chi connectivity index (χ2n) is 10.7. The van der Waals surface area contributed by atoms with E-state index in [1.165, 1.54) is 89.2 Å². The number of quaternary nitrogens is 1. The first-order chi connectivity index (χ1) is 17.0. The summed E-state index contributed by atoms with van der Waals surface area (Å²) in [5.74, 6) is 0.908. The molecule has 2 aromatic carbocycles. The Kier molecular flexibility index (Phi) is 14.3. The van der Waals surface area contributed by atoms with Gasteiger partial charge < -0.3 is 4.74 Å². The highest BCUT2D eigenvalue weighted by Crippen LogP contribution is 2.24. The van der Waals surface area contributed by atoms with Crippen molar-refractivity contribution in [1.82, 2.24) is 4.48 Å². The number of rotatable bonds is 19. The third kappa shape index (κ3) is 13.5.